The van der Waals surface area contributed by atoms with Crippen molar-refractivity contribution in [2.24, 2.45) is 0 Å². The molecule has 0 spiro atoms. The number of ether oxygens (including phenoxy) is 1. The summed E-state index contributed by atoms with van der Waals surface area (Å²) in [6, 6.07) is 3.21. The predicted molar refractivity (Wildman–Crippen MR) is 60.4 cm³/mol. The number of hydrogen-bond acceptors (Lipinski definition) is 5. The average Bonchev–Trinajstić information content (AvgIpc) is 2.60. The second-order valence-electron chi connectivity index (χ2n) is 2.82. The second kappa shape index (κ2) is 3.67. The van der Waals surface area contributed by atoms with Gasteiger partial charge in [0.25, 0.3) is 0 Å². The summed E-state index contributed by atoms with van der Waals surface area (Å²) in [5.41, 5.74) is 6.55. The van der Waals surface area contributed by atoms with Gasteiger partial charge in [-0.2, -0.15) is 0 Å². The highest BCUT2D eigenvalue weighted by atomic mass is 35.5. The third-order valence-corrected chi connectivity index (χ3v) is 3.14. The molecule has 0 fully saturated rings. The van der Waals surface area contributed by atoms with Gasteiger partial charge < -0.3 is 10.5 Å². The number of carbonyl (C=O) groups excluding carboxylic acids is 1. The van der Waals surface area contributed by atoms with Crippen molar-refractivity contribution in [3.63, 3.8) is 0 Å². The Morgan fingerprint density at radius 2 is 2.33 bits per heavy atom. The van der Waals surface area contributed by atoms with Gasteiger partial charge in [-0.3, -0.25) is 0 Å². The van der Waals surface area contributed by atoms with E-state index in [1.807, 2.05) is 0 Å². The van der Waals surface area contributed by atoms with E-state index >= 15 is 0 Å². The lowest BCUT2D eigenvalue weighted by atomic mass is 10.2. The fraction of sp³-hybridized carbons (Fsp3) is 0.111. The highest BCUT2D eigenvalue weighted by Gasteiger charge is 2.15. The summed E-state index contributed by atoms with van der Waals surface area (Å²) in [7, 11) is 1.33. The first-order valence-electron chi connectivity index (χ1n) is 4.06. The van der Waals surface area contributed by atoms with Crippen molar-refractivity contribution in [1.29, 1.82) is 0 Å². The van der Waals surface area contributed by atoms with E-state index < -0.39 is 5.97 Å². The molecule has 2 rings (SSSR count). The molecule has 1 heterocycles. The topological polar surface area (TPSA) is 65.2 Å². The number of fused-ring (bicyclic) bond motifs is 1. The van der Waals surface area contributed by atoms with Gasteiger partial charge in [-0.15, -0.1) is 0 Å². The number of benzene rings is 1. The number of hydrogen-bond donors (Lipinski definition) is 1. The quantitative estimate of drug-likeness (QED) is 0.780. The molecule has 0 bridgehead atoms. The number of carbonyl (C=O) groups is 1. The van der Waals surface area contributed by atoms with E-state index in [1.54, 1.807) is 12.1 Å². The van der Waals surface area contributed by atoms with Crippen LogP contribution in [-0.4, -0.2) is 18.1 Å². The van der Waals surface area contributed by atoms with Gasteiger partial charge in [0.1, 0.15) is 5.52 Å². The SMILES string of the molecule is COC(=O)c1ccc(Cl)c2nc(N)sc12. The number of halogens is 1. The molecule has 1 aromatic heterocycles. The predicted octanol–water partition coefficient (Wildman–Crippen LogP) is 2.32. The molecule has 6 heteroatoms. The molecule has 0 unspecified atom stereocenters. The summed E-state index contributed by atoms with van der Waals surface area (Å²) in [5.74, 6) is -0.416. The monoisotopic (exact) mass is 242 g/mol. The van der Waals surface area contributed by atoms with Crippen LogP contribution in [0, 0.1) is 0 Å². The van der Waals surface area contributed by atoms with Crippen LogP contribution >= 0.6 is 22.9 Å². The average molecular weight is 243 g/mol. The molecule has 78 valence electrons. The van der Waals surface area contributed by atoms with Crippen LogP contribution in [-0.2, 0) is 4.74 Å². The molecular formula is C9H7ClN2O2S. The van der Waals surface area contributed by atoms with E-state index in [2.05, 4.69) is 9.72 Å². The lowest BCUT2D eigenvalue weighted by molar-refractivity contribution is 0.0603. The van der Waals surface area contributed by atoms with Crippen molar-refractivity contribution in [2.45, 2.75) is 0 Å². The number of nitrogens with two attached hydrogens (primary N) is 1. The highest BCUT2D eigenvalue weighted by Crippen LogP contribution is 2.32. The number of nitrogen functional groups attached to an aromatic ring is 1. The van der Waals surface area contributed by atoms with Gasteiger partial charge in [0, 0.05) is 0 Å². The normalized spacial score (nSPS) is 10.5. The smallest absolute Gasteiger partial charge is 0.339 e. The first-order valence-corrected chi connectivity index (χ1v) is 5.25. The third kappa shape index (κ3) is 1.64. The maximum Gasteiger partial charge on any atom is 0.339 e. The van der Waals surface area contributed by atoms with Gasteiger partial charge in [0.05, 0.1) is 22.4 Å². The minimum Gasteiger partial charge on any atom is -0.465 e. The van der Waals surface area contributed by atoms with E-state index in [4.69, 9.17) is 17.3 Å². The summed E-state index contributed by atoms with van der Waals surface area (Å²) in [4.78, 5) is 15.5. The molecule has 2 N–H and O–H groups in total. The number of methoxy groups -OCH3 is 1. The van der Waals surface area contributed by atoms with Gasteiger partial charge in [-0.1, -0.05) is 22.9 Å². The van der Waals surface area contributed by atoms with Crippen molar-refractivity contribution in [2.75, 3.05) is 12.8 Å². The minimum atomic E-state index is -0.416. The zero-order chi connectivity index (χ0) is 11.0. The second-order valence-corrected chi connectivity index (χ2v) is 4.25. The summed E-state index contributed by atoms with van der Waals surface area (Å²) < 4.78 is 5.31. The molecule has 1 aromatic carbocycles. The number of rotatable bonds is 1. The highest BCUT2D eigenvalue weighted by molar-refractivity contribution is 7.22. The zero-order valence-corrected chi connectivity index (χ0v) is 9.35. The Labute approximate surface area is 94.6 Å². The van der Waals surface area contributed by atoms with Crippen LogP contribution in [0.5, 0.6) is 0 Å². The van der Waals surface area contributed by atoms with Crippen LogP contribution in [0.2, 0.25) is 5.02 Å². The Hall–Kier alpha value is -1.33. The molecular weight excluding hydrogens is 236 g/mol. The summed E-state index contributed by atoms with van der Waals surface area (Å²) in [6.07, 6.45) is 0. The summed E-state index contributed by atoms with van der Waals surface area (Å²) in [6.45, 7) is 0. The molecule has 4 nitrogen and oxygen atoms in total. The largest absolute Gasteiger partial charge is 0.465 e. The maximum atomic E-state index is 11.4. The van der Waals surface area contributed by atoms with E-state index in [0.717, 1.165) is 0 Å². The molecule has 0 aliphatic carbocycles. The summed E-state index contributed by atoms with van der Waals surface area (Å²) in [5, 5.41) is 0.855. The van der Waals surface area contributed by atoms with Crippen LogP contribution < -0.4 is 5.73 Å². The molecule has 0 aliphatic heterocycles. The van der Waals surface area contributed by atoms with Crippen LogP contribution in [0.4, 0.5) is 5.13 Å². The maximum absolute atomic E-state index is 11.4. The van der Waals surface area contributed by atoms with Gasteiger partial charge in [0.2, 0.25) is 0 Å². The van der Waals surface area contributed by atoms with Crippen molar-refractivity contribution in [1.82, 2.24) is 4.98 Å². The Morgan fingerprint density at radius 1 is 1.60 bits per heavy atom. The van der Waals surface area contributed by atoms with Crippen molar-refractivity contribution in [3.05, 3.63) is 22.7 Å². The number of aromatic nitrogens is 1. The van der Waals surface area contributed by atoms with E-state index in [-0.39, 0.29) is 0 Å². The Morgan fingerprint density at radius 3 is 3.00 bits per heavy atom. The number of esters is 1. The molecule has 0 amide bonds. The molecule has 2 aromatic rings. The number of nitrogens with zero attached hydrogens (tertiary/aromatic N) is 1. The standard InChI is InChI=1S/C9H7ClN2O2S/c1-14-8(13)4-2-3-5(10)6-7(4)15-9(11)12-6/h2-3H,1H3,(H2,11,12). The Kier molecular flexibility index (Phi) is 2.50. The molecule has 0 saturated carbocycles. The Bertz CT molecular complexity index is 538. The number of anilines is 1. The van der Waals surface area contributed by atoms with Crippen LogP contribution in [0.25, 0.3) is 10.2 Å². The number of thiazole rings is 1. The van der Waals surface area contributed by atoms with Gasteiger partial charge in [-0.25, -0.2) is 9.78 Å². The molecule has 0 saturated heterocycles. The van der Waals surface area contributed by atoms with Crippen molar-refractivity contribution in [3.8, 4) is 0 Å². The molecule has 0 radical (unpaired) electrons. The first kappa shape index (κ1) is 10.2. The van der Waals surface area contributed by atoms with Gasteiger partial charge >= 0.3 is 5.97 Å². The van der Waals surface area contributed by atoms with Crippen molar-refractivity contribution >= 4 is 44.3 Å². The molecule has 0 aliphatic rings. The van der Waals surface area contributed by atoms with E-state index in [9.17, 15) is 4.79 Å². The zero-order valence-electron chi connectivity index (χ0n) is 7.78. The minimum absolute atomic E-state index is 0.378. The summed E-state index contributed by atoms with van der Waals surface area (Å²) >= 11 is 7.14. The third-order valence-electron chi connectivity index (χ3n) is 1.92. The molecule has 15 heavy (non-hydrogen) atoms. The van der Waals surface area contributed by atoms with Gasteiger partial charge in [0.15, 0.2) is 5.13 Å². The van der Waals surface area contributed by atoms with E-state index in [1.165, 1.54) is 18.4 Å². The van der Waals surface area contributed by atoms with Crippen LogP contribution in [0.15, 0.2) is 12.1 Å². The fourth-order valence-electron chi connectivity index (χ4n) is 1.26. The van der Waals surface area contributed by atoms with Crippen LogP contribution in [0.3, 0.4) is 0 Å². The fourth-order valence-corrected chi connectivity index (χ4v) is 2.38. The van der Waals surface area contributed by atoms with E-state index in [0.29, 0.717) is 25.9 Å². The van der Waals surface area contributed by atoms with Gasteiger partial charge in [-0.05, 0) is 12.1 Å². The van der Waals surface area contributed by atoms with Crippen LogP contribution in [0.1, 0.15) is 10.4 Å². The molecule has 0 atom stereocenters. The Balaban J connectivity index is 2.76. The first-order chi connectivity index (χ1) is 7.13. The van der Waals surface area contributed by atoms with Crippen molar-refractivity contribution < 1.29 is 9.53 Å². The lowest BCUT2D eigenvalue weighted by Gasteiger charge is -2.00. The lowest BCUT2D eigenvalue weighted by Crippen LogP contribution is -2.00.